The Morgan fingerprint density at radius 2 is 2.00 bits per heavy atom. The van der Waals surface area contributed by atoms with Crippen molar-refractivity contribution in [3.63, 3.8) is 0 Å². The van der Waals surface area contributed by atoms with E-state index in [2.05, 4.69) is 55.3 Å². The van der Waals surface area contributed by atoms with Crippen LogP contribution in [-0.2, 0) is 6.54 Å². The fourth-order valence-corrected chi connectivity index (χ4v) is 1.99. The Balaban J connectivity index is 2.01. The highest BCUT2D eigenvalue weighted by atomic mass is 14.9. The second-order valence-corrected chi connectivity index (χ2v) is 4.79. The third kappa shape index (κ3) is 3.17. The van der Waals surface area contributed by atoms with Crippen LogP contribution in [0.2, 0.25) is 0 Å². The molecule has 94 valence electrons. The lowest BCUT2D eigenvalue weighted by Gasteiger charge is -2.14. The summed E-state index contributed by atoms with van der Waals surface area (Å²) in [6.07, 6.45) is 1.84. The summed E-state index contributed by atoms with van der Waals surface area (Å²) < 4.78 is 0. The van der Waals surface area contributed by atoms with Gasteiger partial charge in [0.15, 0.2) is 0 Å². The summed E-state index contributed by atoms with van der Waals surface area (Å²) in [7, 11) is 0. The first-order valence-electron chi connectivity index (χ1n) is 6.37. The van der Waals surface area contributed by atoms with Gasteiger partial charge < -0.3 is 5.32 Å². The molecule has 0 radical (unpaired) electrons. The SMILES string of the molecule is Cc1ccc(C)c(CNC(C)c2ccccn2)c1. The molecule has 1 aromatic heterocycles. The molecule has 2 aromatic rings. The molecule has 2 nitrogen and oxygen atoms in total. The average Bonchev–Trinajstić information content (AvgIpc) is 2.40. The van der Waals surface area contributed by atoms with Crippen molar-refractivity contribution in [1.29, 1.82) is 0 Å². The molecular formula is C16H20N2. The van der Waals surface area contributed by atoms with Crippen molar-refractivity contribution in [2.45, 2.75) is 33.4 Å². The van der Waals surface area contributed by atoms with Crippen molar-refractivity contribution in [3.05, 3.63) is 65.0 Å². The monoisotopic (exact) mass is 240 g/mol. The maximum absolute atomic E-state index is 4.37. The second kappa shape index (κ2) is 5.78. The third-order valence-electron chi connectivity index (χ3n) is 3.23. The van der Waals surface area contributed by atoms with E-state index in [0.29, 0.717) is 0 Å². The van der Waals surface area contributed by atoms with Gasteiger partial charge >= 0.3 is 0 Å². The summed E-state index contributed by atoms with van der Waals surface area (Å²) in [6, 6.07) is 12.9. The highest BCUT2D eigenvalue weighted by molar-refractivity contribution is 5.30. The van der Waals surface area contributed by atoms with Crippen LogP contribution in [0.15, 0.2) is 42.6 Å². The molecule has 0 aliphatic carbocycles. The van der Waals surface area contributed by atoms with Crippen molar-refractivity contribution >= 4 is 0 Å². The van der Waals surface area contributed by atoms with Crippen LogP contribution in [0, 0.1) is 13.8 Å². The first kappa shape index (κ1) is 12.8. The van der Waals surface area contributed by atoms with Crippen molar-refractivity contribution in [3.8, 4) is 0 Å². The number of benzene rings is 1. The van der Waals surface area contributed by atoms with Crippen LogP contribution in [0.4, 0.5) is 0 Å². The number of rotatable bonds is 4. The zero-order chi connectivity index (χ0) is 13.0. The topological polar surface area (TPSA) is 24.9 Å². The summed E-state index contributed by atoms with van der Waals surface area (Å²) in [4.78, 5) is 4.37. The normalized spacial score (nSPS) is 12.4. The molecule has 2 rings (SSSR count). The van der Waals surface area contributed by atoms with Crippen molar-refractivity contribution in [1.82, 2.24) is 10.3 Å². The molecule has 1 aromatic carbocycles. The van der Waals surface area contributed by atoms with E-state index in [0.717, 1.165) is 12.2 Å². The Morgan fingerprint density at radius 3 is 2.72 bits per heavy atom. The van der Waals surface area contributed by atoms with Crippen LogP contribution in [-0.4, -0.2) is 4.98 Å². The zero-order valence-electron chi connectivity index (χ0n) is 11.3. The molecule has 1 atom stereocenters. The van der Waals surface area contributed by atoms with Crippen LogP contribution in [0.25, 0.3) is 0 Å². The Morgan fingerprint density at radius 1 is 1.17 bits per heavy atom. The lowest BCUT2D eigenvalue weighted by molar-refractivity contribution is 0.560. The summed E-state index contributed by atoms with van der Waals surface area (Å²) in [5.41, 5.74) is 5.09. The zero-order valence-corrected chi connectivity index (χ0v) is 11.3. The molecule has 1 unspecified atom stereocenters. The first-order chi connectivity index (χ1) is 8.66. The number of pyridine rings is 1. The van der Waals surface area contributed by atoms with Gasteiger partial charge in [-0.1, -0.05) is 29.8 Å². The molecular weight excluding hydrogens is 220 g/mol. The molecule has 0 aliphatic heterocycles. The Kier molecular flexibility index (Phi) is 4.11. The molecule has 2 heteroatoms. The quantitative estimate of drug-likeness (QED) is 0.884. The van der Waals surface area contributed by atoms with E-state index in [1.165, 1.54) is 16.7 Å². The van der Waals surface area contributed by atoms with E-state index in [1.54, 1.807) is 0 Å². The summed E-state index contributed by atoms with van der Waals surface area (Å²) in [6.45, 7) is 7.31. The van der Waals surface area contributed by atoms with Crippen molar-refractivity contribution < 1.29 is 0 Å². The summed E-state index contributed by atoms with van der Waals surface area (Å²) in [5.74, 6) is 0. The van der Waals surface area contributed by atoms with Gasteiger partial charge in [0.05, 0.1) is 5.69 Å². The molecule has 1 heterocycles. The fraction of sp³-hybridized carbons (Fsp3) is 0.312. The lowest BCUT2D eigenvalue weighted by atomic mass is 10.1. The van der Waals surface area contributed by atoms with Gasteiger partial charge in [0, 0.05) is 18.8 Å². The maximum Gasteiger partial charge on any atom is 0.0570 e. The lowest BCUT2D eigenvalue weighted by Crippen LogP contribution is -2.19. The van der Waals surface area contributed by atoms with E-state index in [1.807, 2.05) is 18.3 Å². The fourth-order valence-electron chi connectivity index (χ4n) is 1.99. The third-order valence-corrected chi connectivity index (χ3v) is 3.23. The molecule has 0 spiro atoms. The second-order valence-electron chi connectivity index (χ2n) is 4.79. The van der Waals surface area contributed by atoms with Gasteiger partial charge in [0.2, 0.25) is 0 Å². The molecule has 0 bridgehead atoms. The van der Waals surface area contributed by atoms with Gasteiger partial charge in [0.1, 0.15) is 0 Å². The largest absolute Gasteiger partial charge is 0.305 e. The van der Waals surface area contributed by atoms with E-state index < -0.39 is 0 Å². The van der Waals surface area contributed by atoms with E-state index >= 15 is 0 Å². The molecule has 0 amide bonds. The van der Waals surface area contributed by atoms with Gasteiger partial charge in [-0.25, -0.2) is 0 Å². The molecule has 0 saturated heterocycles. The van der Waals surface area contributed by atoms with Gasteiger partial charge in [-0.3, -0.25) is 4.98 Å². The van der Waals surface area contributed by atoms with Gasteiger partial charge in [0.25, 0.3) is 0 Å². The number of nitrogens with one attached hydrogen (secondary N) is 1. The minimum Gasteiger partial charge on any atom is -0.305 e. The van der Waals surface area contributed by atoms with Gasteiger partial charge in [-0.2, -0.15) is 0 Å². The van der Waals surface area contributed by atoms with Gasteiger partial charge in [-0.15, -0.1) is 0 Å². The molecule has 18 heavy (non-hydrogen) atoms. The average molecular weight is 240 g/mol. The van der Waals surface area contributed by atoms with Crippen LogP contribution >= 0.6 is 0 Å². The first-order valence-corrected chi connectivity index (χ1v) is 6.37. The van der Waals surface area contributed by atoms with Crippen LogP contribution < -0.4 is 5.32 Å². The van der Waals surface area contributed by atoms with E-state index in [-0.39, 0.29) is 6.04 Å². The molecule has 1 N–H and O–H groups in total. The number of aromatic nitrogens is 1. The van der Waals surface area contributed by atoms with Crippen LogP contribution in [0.5, 0.6) is 0 Å². The van der Waals surface area contributed by atoms with Crippen molar-refractivity contribution in [2.24, 2.45) is 0 Å². The standard InChI is InChI=1S/C16H20N2/c1-12-7-8-13(2)15(10-12)11-18-14(3)16-6-4-5-9-17-16/h4-10,14,18H,11H2,1-3H3. The van der Waals surface area contributed by atoms with Crippen molar-refractivity contribution in [2.75, 3.05) is 0 Å². The number of hydrogen-bond donors (Lipinski definition) is 1. The van der Waals surface area contributed by atoms with Crippen LogP contribution in [0.1, 0.15) is 35.3 Å². The predicted octanol–water partition coefficient (Wildman–Crippen LogP) is 3.55. The minimum atomic E-state index is 0.270. The Bertz CT molecular complexity index is 506. The highest BCUT2D eigenvalue weighted by Gasteiger charge is 2.06. The van der Waals surface area contributed by atoms with E-state index in [9.17, 15) is 0 Å². The Labute approximate surface area is 109 Å². The minimum absolute atomic E-state index is 0.270. The van der Waals surface area contributed by atoms with E-state index in [4.69, 9.17) is 0 Å². The van der Waals surface area contributed by atoms with Gasteiger partial charge in [-0.05, 0) is 44.0 Å². The molecule has 0 aliphatic rings. The Hall–Kier alpha value is -1.67. The smallest absolute Gasteiger partial charge is 0.0570 e. The highest BCUT2D eigenvalue weighted by Crippen LogP contribution is 2.13. The van der Waals surface area contributed by atoms with Crippen LogP contribution in [0.3, 0.4) is 0 Å². The number of aryl methyl sites for hydroxylation is 2. The molecule has 0 saturated carbocycles. The number of hydrogen-bond acceptors (Lipinski definition) is 2. The summed E-state index contributed by atoms with van der Waals surface area (Å²) >= 11 is 0. The maximum atomic E-state index is 4.37. The molecule has 0 fully saturated rings. The number of nitrogens with zero attached hydrogens (tertiary/aromatic N) is 1. The predicted molar refractivity (Wildman–Crippen MR) is 75.4 cm³/mol. The summed E-state index contributed by atoms with van der Waals surface area (Å²) in [5, 5.41) is 3.52.